The molecule has 2 rings (SSSR count). The quantitative estimate of drug-likeness (QED) is 0.748. The molecule has 1 aromatic carbocycles. The number of carbonyl (C=O) groups is 1. The number of nitrogens with two attached hydrogens (primary N) is 1. The minimum atomic E-state index is -0.537. The first kappa shape index (κ1) is 9.64. The Morgan fingerprint density at radius 3 is 2.80 bits per heavy atom. The number of nitrogens with one attached hydrogen (secondary N) is 1. The molecule has 3 N–H and O–H groups in total. The summed E-state index contributed by atoms with van der Waals surface area (Å²) < 4.78 is 10.8. The zero-order chi connectivity index (χ0) is 10.7. The maximum atomic E-state index is 10.5. The van der Waals surface area contributed by atoms with Crippen LogP contribution in [0.25, 0.3) is 0 Å². The summed E-state index contributed by atoms with van der Waals surface area (Å²) in [5.74, 6) is 1.45. The van der Waals surface area contributed by atoms with Crippen LogP contribution in [0, 0.1) is 0 Å². The number of fused-ring (bicyclic) bond motifs is 1. The van der Waals surface area contributed by atoms with Crippen molar-refractivity contribution in [1.29, 1.82) is 0 Å². The van der Waals surface area contributed by atoms with Crippen LogP contribution in [-0.2, 0) is 6.54 Å². The molecule has 2 amide bonds. The minimum Gasteiger partial charge on any atom is -0.486 e. The maximum Gasteiger partial charge on any atom is 0.312 e. The van der Waals surface area contributed by atoms with Crippen LogP contribution in [0.1, 0.15) is 5.56 Å². The Balaban J connectivity index is 2.10. The predicted octanol–water partition coefficient (Wildman–Crippen LogP) is 0.626. The van der Waals surface area contributed by atoms with E-state index < -0.39 is 6.03 Å². The molecule has 0 aliphatic carbocycles. The Labute approximate surface area is 87.2 Å². The molecule has 0 fully saturated rings. The highest BCUT2D eigenvalue weighted by Crippen LogP contribution is 2.30. The summed E-state index contributed by atoms with van der Waals surface area (Å²) in [7, 11) is 0. The first-order valence-corrected chi connectivity index (χ1v) is 4.67. The van der Waals surface area contributed by atoms with Crippen LogP contribution < -0.4 is 20.5 Å². The van der Waals surface area contributed by atoms with Crippen LogP contribution in [0.4, 0.5) is 4.79 Å². The van der Waals surface area contributed by atoms with Gasteiger partial charge in [0.25, 0.3) is 0 Å². The molecule has 0 saturated heterocycles. The lowest BCUT2D eigenvalue weighted by molar-refractivity contribution is 0.171. The molecular weight excluding hydrogens is 196 g/mol. The third-order valence-electron chi connectivity index (χ3n) is 2.07. The highest BCUT2D eigenvalue weighted by molar-refractivity contribution is 5.71. The number of benzene rings is 1. The lowest BCUT2D eigenvalue weighted by atomic mass is 10.2. The van der Waals surface area contributed by atoms with E-state index >= 15 is 0 Å². The Morgan fingerprint density at radius 1 is 1.33 bits per heavy atom. The molecule has 1 heterocycles. The number of amides is 2. The first-order chi connectivity index (χ1) is 7.25. The molecular formula is C10H12N2O3. The van der Waals surface area contributed by atoms with E-state index in [9.17, 15) is 4.79 Å². The number of ether oxygens (including phenoxy) is 2. The van der Waals surface area contributed by atoms with Gasteiger partial charge in [0.2, 0.25) is 0 Å². The highest BCUT2D eigenvalue weighted by Gasteiger charge is 2.11. The van der Waals surface area contributed by atoms with Gasteiger partial charge in [-0.25, -0.2) is 4.79 Å². The van der Waals surface area contributed by atoms with E-state index in [0.717, 1.165) is 11.3 Å². The van der Waals surface area contributed by atoms with E-state index in [1.54, 1.807) is 0 Å². The smallest absolute Gasteiger partial charge is 0.312 e. The van der Waals surface area contributed by atoms with Gasteiger partial charge in [0.15, 0.2) is 11.5 Å². The van der Waals surface area contributed by atoms with Gasteiger partial charge in [-0.3, -0.25) is 0 Å². The first-order valence-electron chi connectivity index (χ1n) is 4.67. The van der Waals surface area contributed by atoms with Crippen molar-refractivity contribution < 1.29 is 14.3 Å². The zero-order valence-corrected chi connectivity index (χ0v) is 8.16. The van der Waals surface area contributed by atoms with Crippen LogP contribution >= 0.6 is 0 Å². The molecule has 5 nitrogen and oxygen atoms in total. The fourth-order valence-electron chi connectivity index (χ4n) is 1.39. The molecule has 0 radical (unpaired) electrons. The fourth-order valence-corrected chi connectivity index (χ4v) is 1.39. The summed E-state index contributed by atoms with van der Waals surface area (Å²) in [5.41, 5.74) is 5.90. The average Bonchev–Trinajstić information content (AvgIpc) is 2.26. The Morgan fingerprint density at radius 2 is 2.07 bits per heavy atom. The largest absolute Gasteiger partial charge is 0.486 e. The van der Waals surface area contributed by atoms with Gasteiger partial charge >= 0.3 is 6.03 Å². The standard InChI is InChI=1S/C10H12N2O3/c11-10(13)12-6-7-1-2-8-9(5-7)15-4-3-14-8/h1-2,5H,3-4,6H2,(H3,11,12,13). The Hall–Kier alpha value is -1.91. The van der Waals surface area contributed by atoms with Crippen molar-refractivity contribution in [3.05, 3.63) is 23.8 Å². The second kappa shape index (κ2) is 4.08. The van der Waals surface area contributed by atoms with E-state index in [-0.39, 0.29) is 0 Å². The number of urea groups is 1. The van der Waals surface area contributed by atoms with Crippen molar-refractivity contribution in [2.24, 2.45) is 5.73 Å². The van der Waals surface area contributed by atoms with Crippen molar-refractivity contribution in [2.75, 3.05) is 13.2 Å². The van der Waals surface area contributed by atoms with Gasteiger partial charge in [0.1, 0.15) is 13.2 Å². The van der Waals surface area contributed by atoms with Crippen molar-refractivity contribution in [2.45, 2.75) is 6.54 Å². The summed E-state index contributed by atoms with van der Waals surface area (Å²) in [4.78, 5) is 10.5. The lowest BCUT2D eigenvalue weighted by Crippen LogP contribution is -2.28. The number of hydrogen-bond acceptors (Lipinski definition) is 3. The van der Waals surface area contributed by atoms with E-state index in [1.807, 2.05) is 18.2 Å². The second-order valence-electron chi connectivity index (χ2n) is 3.20. The number of rotatable bonds is 2. The monoisotopic (exact) mass is 208 g/mol. The van der Waals surface area contributed by atoms with Crippen LogP contribution in [-0.4, -0.2) is 19.2 Å². The third kappa shape index (κ3) is 2.31. The topological polar surface area (TPSA) is 73.6 Å². The fraction of sp³-hybridized carbons (Fsp3) is 0.300. The molecule has 0 aromatic heterocycles. The summed E-state index contributed by atoms with van der Waals surface area (Å²) in [6.07, 6.45) is 0. The highest BCUT2D eigenvalue weighted by atomic mass is 16.6. The molecule has 0 saturated carbocycles. The van der Waals surface area contributed by atoms with Gasteiger partial charge in [-0.15, -0.1) is 0 Å². The molecule has 1 aromatic rings. The maximum absolute atomic E-state index is 10.5. The lowest BCUT2D eigenvalue weighted by Gasteiger charge is -2.18. The SMILES string of the molecule is NC(=O)NCc1ccc2c(c1)OCCO2. The van der Waals surface area contributed by atoms with Crippen LogP contribution in [0.2, 0.25) is 0 Å². The van der Waals surface area contributed by atoms with E-state index in [2.05, 4.69) is 5.32 Å². The molecule has 15 heavy (non-hydrogen) atoms. The van der Waals surface area contributed by atoms with Gasteiger partial charge in [-0.05, 0) is 17.7 Å². The third-order valence-corrected chi connectivity index (χ3v) is 2.07. The van der Waals surface area contributed by atoms with Gasteiger partial charge in [0, 0.05) is 6.54 Å². The minimum absolute atomic E-state index is 0.395. The van der Waals surface area contributed by atoms with E-state index in [1.165, 1.54) is 0 Å². The van der Waals surface area contributed by atoms with E-state index in [4.69, 9.17) is 15.2 Å². The zero-order valence-electron chi connectivity index (χ0n) is 8.16. The average molecular weight is 208 g/mol. The molecule has 0 spiro atoms. The molecule has 5 heteroatoms. The van der Waals surface area contributed by atoms with E-state index in [0.29, 0.717) is 25.5 Å². The number of primary amides is 1. The Kier molecular flexibility index (Phi) is 2.62. The van der Waals surface area contributed by atoms with Crippen molar-refractivity contribution >= 4 is 6.03 Å². The van der Waals surface area contributed by atoms with Crippen molar-refractivity contribution in [3.63, 3.8) is 0 Å². The Bertz CT molecular complexity index is 379. The van der Waals surface area contributed by atoms with Gasteiger partial charge in [-0.1, -0.05) is 6.07 Å². The molecule has 1 aliphatic heterocycles. The number of carbonyl (C=O) groups excluding carboxylic acids is 1. The summed E-state index contributed by atoms with van der Waals surface area (Å²) in [5, 5.41) is 2.51. The number of hydrogen-bond donors (Lipinski definition) is 2. The van der Waals surface area contributed by atoms with Gasteiger partial charge < -0.3 is 20.5 Å². The van der Waals surface area contributed by atoms with Crippen molar-refractivity contribution in [3.8, 4) is 11.5 Å². The summed E-state index contributed by atoms with van der Waals surface area (Å²) in [6.45, 7) is 1.53. The molecule has 1 aliphatic rings. The molecule has 0 atom stereocenters. The molecule has 0 unspecified atom stereocenters. The summed E-state index contributed by atoms with van der Waals surface area (Å²) >= 11 is 0. The van der Waals surface area contributed by atoms with Gasteiger partial charge in [-0.2, -0.15) is 0 Å². The predicted molar refractivity (Wildman–Crippen MR) is 53.9 cm³/mol. The molecule has 80 valence electrons. The van der Waals surface area contributed by atoms with Crippen LogP contribution in [0.5, 0.6) is 11.5 Å². The normalized spacial score (nSPS) is 13.3. The molecule has 0 bridgehead atoms. The van der Waals surface area contributed by atoms with Gasteiger partial charge in [0.05, 0.1) is 0 Å². The summed E-state index contributed by atoms with van der Waals surface area (Å²) in [6, 6.07) is 4.99. The second-order valence-corrected chi connectivity index (χ2v) is 3.20. The van der Waals surface area contributed by atoms with Crippen LogP contribution in [0.15, 0.2) is 18.2 Å². The van der Waals surface area contributed by atoms with Crippen molar-refractivity contribution in [1.82, 2.24) is 5.32 Å². The van der Waals surface area contributed by atoms with Crippen LogP contribution in [0.3, 0.4) is 0 Å².